The Morgan fingerprint density at radius 2 is 1.69 bits per heavy atom. The third kappa shape index (κ3) is 7.42. The van der Waals surface area contributed by atoms with E-state index in [2.05, 4.69) is 10.6 Å². The third-order valence-electron chi connectivity index (χ3n) is 3.34. The minimum absolute atomic E-state index is 0.101. The molecular formula is C18H26N2O6. The van der Waals surface area contributed by atoms with Gasteiger partial charge in [0.15, 0.2) is 0 Å². The quantitative estimate of drug-likeness (QED) is 0.677. The first-order valence-corrected chi connectivity index (χ1v) is 8.17. The lowest BCUT2D eigenvalue weighted by Gasteiger charge is -2.22. The van der Waals surface area contributed by atoms with Crippen molar-refractivity contribution in [1.82, 2.24) is 10.6 Å². The zero-order chi connectivity index (χ0) is 19.9. The number of benzene rings is 1. The van der Waals surface area contributed by atoms with Crippen LogP contribution in [0.2, 0.25) is 0 Å². The van der Waals surface area contributed by atoms with Crippen molar-refractivity contribution in [2.45, 2.75) is 51.8 Å². The Morgan fingerprint density at radius 1 is 1.12 bits per heavy atom. The summed E-state index contributed by atoms with van der Waals surface area (Å²) in [5.74, 6) is -1.13. The Morgan fingerprint density at radius 3 is 2.15 bits per heavy atom. The molecule has 0 aliphatic heterocycles. The number of alkyl carbamates (subject to hydrolysis) is 1. The van der Waals surface area contributed by atoms with Gasteiger partial charge in [0.25, 0.3) is 0 Å². The minimum atomic E-state index is -1.17. The van der Waals surface area contributed by atoms with Crippen molar-refractivity contribution in [1.29, 1.82) is 0 Å². The molecule has 8 nitrogen and oxygen atoms in total. The van der Waals surface area contributed by atoms with Gasteiger partial charge in [-0.15, -0.1) is 0 Å². The van der Waals surface area contributed by atoms with Gasteiger partial charge in [0.2, 0.25) is 5.91 Å². The van der Waals surface area contributed by atoms with Crippen LogP contribution in [0, 0.1) is 0 Å². The van der Waals surface area contributed by atoms with Crippen LogP contribution in [-0.2, 0) is 20.7 Å². The monoisotopic (exact) mass is 366 g/mol. The highest BCUT2D eigenvalue weighted by Crippen LogP contribution is 2.13. The largest absolute Gasteiger partial charge is 0.497 e. The van der Waals surface area contributed by atoms with Gasteiger partial charge in [-0.3, -0.25) is 4.79 Å². The van der Waals surface area contributed by atoms with Crippen LogP contribution in [0.1, 0.15) is 33.3 Å². The molecule has 0 aliphatic rings. The van der Waals surface area contributed by atoms with Crippen molar-refractivity contribution < 1.29 is 29.0 Å². The fourth-order valence-electron chi connectivity index (χ4n) is 2.04. The highest BCUT2D eigenvalue weighted by atomic mass is 16.6. The second kappa shape index (κ2) is 9.07. The number of nitrogens with one attached hydrogen (secondary N) is 2. The van der Waals surface area contributed by atoms with Crippen LogP contribution in [0.4, 0.5) is 4.79 Å². The van der Waals surface area contributed by atoms with Crippen LogP contribution in [0.25, 0.3) is 0 Å². The Balaban J connectivity index is 2.66. The predicted molar refractivity (Wildman–Crippen MR) is 95.1 cm³/mol. The normalized spacial score (nSPS) is 13.3. The predicted octanol–water partition coefficient (Wildman–Crippen LogP) is 1.72. The summed E-state index contributed by atoms with van der Waals surface area (Å²) >= 11 is 0. The molecule has 0 bridgehead atoms. The molecule has 0 saturated carbocycles. The summed E-state index contributed by atoms with van der Waals surface area (Å²) < 4.78 is 10.1. The topological polar surface area (TPSA) is 114 Å². The summed E-state index contributed by atoms with van der Waals surface area (Å²) in [6, 6.07) is 4.80. The third-order valence-corrected chi connectivity index (χ3v) is 3.34. The second-order valence-corrected chi connectivity index (χ2v) is 6.82. The maximum Gasteiger partial charge on any atom is 0.408 e. The summed E-state index contributed by atoms with van der Waals surface area (Å²) in [7, 11) is 1.54. The van der Waals surface area contributed by atoms with E-state index in [9.17, 15) is 19.5 Å². The summed E-state index contributed by atoms with van der Waals surface area (Å²) in [5.41, 5.74) is 0.0318. The smallest absolute Gasteiger partial charge is 0.408 e. The number of rotatable bonds is 7. The second-order valence-electron chi connectivity index (χ2n) is 6.82. The van der Waals surface area contributed by atoms with Gasteiger partial charge in [0.05, 0.1) is 7.11 Å². The lowest BCUT2D eigenvalue weighted by Crippen LogP contribution is -2.51. The van der Waals surface area contributed by atoms with Gasteiger partial charge in [-0.05, 0) is 45.4 Å². The summed E-state index contributed by atoms with van der Waals surface area (Å²) in [6.07, 6.45) is -0.647. The van der Waals surface area contributed by atoms with E-state index in [4.69, 9.17) is 9.47 Å². The van der Waals surface area contributed by atoms with Crippen molar-refractivity contribution in [3.05, 3.63) is 29.8 Å². The van der Waals surface area contributed by atoms with E-state index in [1.807, 2.05) is 0 Å². The molecule has 0 saturated heterocycles. The molecule has 2 atom stereocenters. The minimum Gasteiger partial charge on any atom is -0.497 e. The van der Waals surface area contributed by atoms with Crippen LogP contribution in [-0.4, -0.2) is 47.9 Å². The van der Waals surface area contributed by atoms with Crippen LogP contribution in [0.15, 0.2) is 24.3 Å². The zero-order valence-electron chi connectivity index (χ0n) is 15.7. The molecule has 0 aromatic heterocycles. The number of carboxylic acids is 1. The fourth-order valence-corrected chi connectivity index (χ4v) is 2.04. The van der Waals surface area contributed by atoms with Crippen LogP contribution in [0.3, 0.4) is 0 Å². The molecular weight excluding hydrogens is 340 g/mol. The van der Waals surface area contributed by atoms with Crippen molar-refractivity contribution >= 4 is 18.0 Å². The van der Waals surface area contributed by atoms with E-state index in [1.165, 1.54) is 14.0 Å². The van der Waals surface area contributed by atoms with Crippen LogP contribution >= 0.6 is 0 Å². The molecule has 144 valence electrons. The lowest BCUT2D eigenvalue weighted by molar-refractivity contribution is -0.142. The summed E-state index contributed by atoms with van der Waals surface area (Å²) in [4.78, 5) is 35.3. The van der Waals surface area contributed by atoms with E-state index in [0.29, 0.717) is 5.75 Å². The maximum atomic E-state index is 12.2. The number of methoxy groups -OCH3 is 1. The van der Waals surface area contributed by atoms with E-state index >= 15 is 0 Å². The Hall–Kier alpha value is -2.77. The highest BCUT2D eigenvalue weighted by Gasteiger charge is 2.25. The van der Waals surface area contributed by atoms with E-state index in [-0.39, 0.29) is 6.42 Å². The first-order chi connectivity index (χ1) is 12.0. The highest BCUT2D eigenvalue weighted by molar-refractivity contribution is 5.89. The number of carboxylic acid groups (broad SMARTS) is 1. The van der Waals surface area contributed by atoms with Crippen molar-refractivity contribution in [3.8, 4) is 5.75 Å². The average molecular weight is 366 g/mol. The van der Waals surface area contributed by atoms with Crippen LogP contribution < -0.4 is 15.4 Å². The van der Waals surface area contributed by atoms with E-state index in [0.717, 1.165) is 5.56 Å². The van der Waals surface area contributed by atoms with Gasteiger partial charge in [0, 0.05) is 6.42 Å². The van der Waals surface area contributed by atoms with Crippen molar-refractivity contribution in [2.75, 3.05) is 7.11 Å². The van der Waals surface area contributed by atoms with Gasteiger partial charge >= 0.3 is 12.1 Å². The molecule has 1 unspecified atom stereocenters. The number of ether oxygens (including phenoxy) is 2. The molecule has 26 heavy (non-hydrogen) atoms. The molecule has 3 N–H and O–H groups in total. The number of carbonyl (C=O) groups is 3. The molecule has 1 rings (SSSR count). The van der Waals surface area contributed by atoms with Gasteiger partial charge in [-0.25, -0.2) is 9.59 Å². The summed E-state index contributed by atoms with van der Waals surface area (Å²) in [5, 5.41) is 14.1. The van der Waals surface area contributed by atoms with Crippen molar-refractivity contribution in [3.63, 3.8) is 0 Å². The summed E-state index contributed by atoms with van der Waals surface area (Å²) in [6.45, 7) is 6.55. The molecule has 0 heterocycles. The standard InChI is InChI=1S/C18H26N2O6/c1-11(19-17(24)26-18(2,3)4)15(21)20-14(16(22)23)10-12-6-8-13(25-5)9-7-12/h6-9,11,14H,10H2,1-5H3,(H,19,24)(H,20,21)(H,22,23)/t11?,14-/m0/s1. The lowest BCUT2D eigenvalue weighted by atomic mass is 10.1. The fraction of sp³-hybridized carbons (Fsp3) is 0.500. The van der Waals surface area contributed by atoms with Crippen LogP contribution in [0.5, 0.6) is 5.75 Å². The number of hydrogen-bond acceptors (Lipinski definition) is 5. The van der Waals surface area contributed by atoms with E-state index in [1.54, 1.807) is 45.0 Å². The van der Waals surface area contributed by atoms with E-state index < -0.39 is 35.7 Å². The Labute approximate surface area is 152 Å². The molecule has 0 fully saturated rings. The number of carbonyl (C=O) groups excluding carboxylic acids is 2. The maximum absolute atomic E-state index is 12.2. The molecule has 2 amide bonds. The molecule has 1 aromatic carbocycles. The first-order valence-electron chi connectivity index (χ1n) is 8.17. The van der Waals surface area contributed by atoms with Gasteiger partial charge in [-0.1, -0.05) is 12.1 Å². The molecule has 0 spiro atoms. The number of aliphatic carboxylic acids is 1. The Kier molecular flexibility index (Phi) is 7.42. The van der Waals surface area contributed by atoms with Gasteiger partial charge in [0.1, 0.15) is 23.4 Å². The number of hydrogen-bond donors (Lipinski definition) is 3. The molecule has 0 radical (unpaired) electrons. The zero-order valence-corrected chi connectivity index (χ0v) is 15.7. The molecule has 0 aliphatic carbocycles. The number of amides is 2. The van der Waals surface area contributed by atoms with Gasteiger partial charge < -0.3 is 25.2 Å². The van der Waals surface area contributed by atoms with Gasteiger partial charge in [-0.2, -0.15) is 0 Å². The SMILES string of the molecule is COc1ccc(C[C@H](NC(=O)C(C)NC(=O)OC(C)(C)C)C(=O)O)cc1. The first kappa shape index (κ1) is 21.3. The molecule has 8 heteroatoms. The van der Waals surface area contributed by atoms with Crippen molar-refractivity contribution in [2.24, 2.45) is 0 Å². The molecule has 1 aromatic rings. The Bertz CT molecular complexity index is 636. The average Bonchev–Trinajstić information content (AvgIpc) is 2.52.